The number of hydrogen-bond donors (Lipinski definition) is 2. The van der Waals surface area contributed by atoms with E-state index in [4.69, 9.17) is 0 Å². The molecule has 1 heterocycles. The number of benzene rings is 1. The number of amides is 1. The fourth-order valence-corrected chi connectivity index (χ4v) is 4.22. The first-order valence-electron chi connectivity index (χ1n) is 8.33. The molecular formula is C17H22N4O3S. The first-order chi connectivity index (χ1) is 12.0. The van der Waals surface area contributed by atoms with Crippen LogP contribution in [0.5, 0.6) is 0 Å². The molecule has 8 heteroatoms. The first-order valence-corrected chi connectivity index (χ1v) is 9.81. The summed E-state index contributed by atoms with van der Waals surface area (Å²) in [6.07, 6.45) is 5.84. The van der Waals surface area contributed by atoms with E-state index in [1.165, 1.54) is 6.92 Å². The monoisotopic (exact) mass is 362 g/mol. The van der Waals surface area contributed by atoms with Gasteiger partial charge < -0.3 is 5.32 Å². The predicted molar refractivity (Wildman–Crippen MR) is 93.4 cm³/mol. The molecule has 1 aliphatic carbocycles. The Hall–Kier alpha value is -2.19. The van der Waals surface area contributed by atoms with Crippen LogP contribution in [-0.4, -0.2) is 30.7 Å². The highest BCUT2D eigenvalue weighted by atomic mass is 32.2. The number of sulfonamides is 1. The van der Waals surface area contributed by atoms with E-state index >= 15 is 0 Å². The number of rotatable bonds is 7. The molecule has 0 fully saturated rings. The summed E-state index contributed by atoms with van der Waals surface area (Å²) >= 11 is 0. The van der Waals surface area contributed by atoms with Gasteiger partial charge in [-0.05, 0) is 48.6 Å². The third-order valence-electron chi connectivity index (χ3n) is 4.30. The molecule has 0 saturated heterocycles. The molecule has 1 aromatic carbocycles. The molecule has 2 N–H and O–H groups in total. The molecule has 3 rings (SSSR count). The molecule has 134 valence electrons. The zero-order chi connectivity index (χ0) is 17.9. The van der Waals surface area contributed by atoms with Gasteiger partial charge in [-0.2, -0.15) is 5.10 Å². The Bertz CT molecular complexity index is 847. The number of nitrogens with zero attached hydrogens (tertiary/aromatic N) is 2. The molecule has 1 amide bonds. The van der Waals surface area contributed by atoms with Crippen LogP contribution in [0.1, 0.15) is 36.9 Å². The number of aryl methyl sites for hydroxylation is 2. The molecule has 0 saturated carbocycles. The Labute approximate surface area is 147 Å². The van der Waals surface area contributed by atoms with Crippen LogP contribution in [0.2, 0.25) is 0 Å². The molecular weight excluding hydrogens is 340 g/mol. The van der Waals surface area contributed by atoms with Crippen LogP contribution in [0.3, 0.4) is 0 Å². The maximum atomic E-state index is 12.5. The van der Waals surface area contributed by atoms with Crippen LogP contribution >= 0.6 is 0 Å². The predicted octanol–water partition coefficient (Wildman–Crippen LogP) is 1.38. The summed E-state index contributed by atoms with van der Waals surface area (Å²) in [5, 5.41) is 6.97. The molecule has 0 unspecified atom stereocenters. The first kappa shape index (κ1) is 17.6. The Morgan fingerprint density at radius 3 is 2.96 bits per heavy atom. The smallest absolute Gasteiger partial charge is 0.240 e. The number of carbonyl (C=O) groups excluding carboxylic acids is 1. The van der Waals surface area contributed by atoms with Gasteiger partial charge >= 0.3 is 0 Å². The quantitative estimate of drug-likeness (QED) is 0.728. The van der Waals surface area contributed by atoms with Gasteiger partial charge in [0.1, 0.15) is 0 Å². The van der Waals surface area contributed by atoms with Crippen molar-refractivity contribution in [1.82, 2.24) is 19.8 Å². The van der Waals surface area contributed by atoms with Crippen molar-refractivity contribution in [2.24, 2.45) is 0 Å². The van der Waals surface area contributed by atoms with Gasteiger partial charge in [0.2, 0.25) is 15.9 Å². The van der Waals surface area contributed by atoms with Crippen molar-refractivity contribution in [2.75, 3.05) is 6.54 Å². The van der Waals surface area contributed by atoms with Crippen LogP contribution < -0.4 is 10.0 Å². The van der Waals surface area contributed by atoms with Gasteiger partial charge in [0.25, 0.3) is 0 Å². The van der Waals surface area contributed by atoms with Gasteiger partial charge in [-0.1, -0.05) is 6.07 Å². The lowest BCUT2D eigenvalue weighted by molar-refractivity contribution is -0.119. The van der Waals surface area contributed by atoms with E-state index in [1.54, 1.807) is 23.0 Å². The Balaban J connectivity index is 1.65. The molecule has 7 nitrogen and oxygen atoms in total. The van der Waals surface area contributed by atoms with E-state index < -0.39 is 10.0 Å². The van der Waals surface area contributed by atoms with Crippen molar-refractivity contribution in [1.29, 1.82) is 0 Å². The molecule has 0 bridgehead atoms. The largest absolute Gasteiger partial charge is 0.350 e. The van der Waals surface area contributed by atoms with Crippen LogP contribution in [0, 0.1) is 0 Å². The van der Waals surface area contributed by atoms with Gasteiger partial charge in [0, 0.05) is 32.4 Å². The van der Waals surface area contributed by atoms with Crippen molar-refractivity contribution >= 4 is 15.9 Å². The van der Waals surface area contributed by atoms with E-state index in [9.17, 15) is 13.2 Å². The molecule has 2 aromatic rings. The summed E-state index contributed by atoms with van der Waals surface area (Å²) in [5.41, 5.74) is 1.99. The second kappa shape index (κ2) is 7.37. The van der Waals surface area contributed by atoms with Gasteiger partial charge in [0.05, 0.1) is 10.9 Å². The van der Waals surface area contributed by atoms with Crippen molar-refractivity contribution in [2.45, 2.75) is 43.7 Å². The molecule has 0 aliphatic heterocycles. The Morgan fingerprint density at radius 1 is 1.40 bits per heavy atom. The summed E-state index contributed by atoms with van der Waals surface area (Å²) in [5.74, 6) is -0.108. The molecule has 1 aliphatic rings. The normalized spacial score (nSPS) is 16.6. The van der Waals surface area contributed by atoms with Crippen molar-refractivity contribution < 1.29 is 13.2 Å². The van der Waals surface area contributed by atoms with Crippen molar-refractivity contribution in [3.8, 4) is 0 Å². The number of aromatic nitrogens is 2. The number of fused-ring (bicyclic) bond motifs is 1. The summed E-state index contributed by atoms with van der Waals surface area (Å²) < 4.78 is 29.4. The molecule has 25 heavy (non-hydrogen) atoms. The third-order valence-corrected chi connectivity index (χ3v) is 5.76. The minimum absolute atomic E-state index is 0.108. The Morgan fingerprint density at radius 2 is 2.24 bits per heavy atom. The average molecular weight is 362 g/mol. The minimum Gasteiger partial charge on any atom is -0.350 e. The number of nitrogens with one attached hydrogen (secondary N) is 2. The highest BCUT2D eigenvalue weighted by Crippen LogP contribution is 2.32. The molecule has 0 spiro atoms. The topological polar surface area (TPSA) is 93.1 Å². The second-order valence-corrected chi connectivity index (χ2v) is 7.94. The minimum atomic E-state index is -3.57. The summed E-state index contributed by atoms with van der Waals surface area (Å²) in [4.78, 5) is 11.6. The van der Waals surface area contributed by atoms with Crippen molar-refractivity contribution in [3.05, 3.63) is 47.8 Å². The highest BCUT2D eigenvalue weighted by molar-refractivity contribution is 7.89. The third kappa shape index (κ3) is 4.26. The van der Waals surface area contributed by atoms with Gasteiger partial charge in [-0.25, -0.2) is 13.1 Å². The van der Waals surface area contributed by atoms with Gasteiger partial charge in [0.15, 0.2) is 0 Å². The zero-order valence-electron chi connectivity index (χ0n) is 14.1. The van der Waals surface area contributed by atoms with Crippen LogP contribution in [0.4, 0.5) is 0 Å². The van der Waals surface area contributed by atoms with E-state index in [2.05, 4.69) is 15.1 Å². The molecule has 1 aromatic heterocycles. The fourth-order valence-electron chi connectivity index (χ4n) is 3.11. The fraction of sp³-hybridized carbons (Fsp3) is 0.412. The van der Waals surface area contributed by atoms with Crippen LogP contribution in [0.15, 0.2) is 41.6 Å². The Kier molecular flexibility index (Phi) is 5.19. The van der Waals surface area contributed by atoms with Crippen LogP contribution in [0.25, 0.3) is 0 Å². The highest BCUT2D eigenvalue weighted by Gasteiger charge is 2.25. The van der Waals surface area contributed by atoms with E-state index in [1.807, 2.05) is 18.3 Å². The lowest BCUT2D eigenvalue weighted by atomic mass is 10.1. The zero-order valence-corrected chi connectivity index (χ0v) is 14.9. The van der Waals surface area contributed by atoms with E-state index in [0.717, 1.165) is 24.0 Å². The van der Waals surface area contributed by atoms with E-state index in [0.29, 0.717) is 19.5 Å². The maximum Gasteiger partial charge on any atom is 0.240 e. The summed E-state index contributed by atoms with van der Waals surface area (Å²) in [6.45, 7) is 2.47. The lowest BCUT2D eigenvalue weighted by Gasteiger charge is -2.14. The summed E-state index contributed by atoms with van der Waals surface area (Å²) in [7, 11) is -3.57. The lowest BCUT2D eigenvalue weighted by Crippen LogP contribution is -2.27. The van der Waals surface area contributed by atoms with E-state index in [-0.39, 0.29) is 16.8 Å². The number of carbonyl (C=O) groups is 1. The second-order valence-electron chi connectivity index (χ2n) is 6.17. The van der Waals surface area contributed by atoms with Gasteiger partial charge in [-0.3, -0.25) is 9.48 Å². The average Bonchev–Trinajstić information content (AvgIpc) is 3.21. The maximum absolute atomic E-state index is 12.5. The standard InChI is InChI=1S/C17H22N4O3S/c1-13(22)20-17-7-5-14-4-6-15(12-16(14)17)25(23,24)19-9-3-11-21-10-2-8-18-21/h2,4,6,8,10,12,17,19H,3,5,7,9,11H2,1H3,(H,20,22)/t17-/m0/s1. The molecule has 0 radical (unpaired) electrons. The van der Waals surface area contributed by atoms with Crippen LogP contribution in [-0.2, 0) is 27.8 Å². The summed E-state index contributed by atoms with van der Waals surface area (Å²) in [6, 6.07) is 6.88. The number of hydrogen-bond acceptors (Lipinski definition) is 4. The van der Waals surface area contributed by atoms with Crippen molar-refractivity contribution in [3.63, 3.8) is 0 Å². The molecule has 1 atom stereocenters. The van der Waals surface area contributed by atoms with Gasteiger partial charge in [-0.15, -0.1) is 0 Å². The SMILES string of the molecule is CC(=O)N[C@H]1CCc2ccc(S(=O)(=O)NCCCn3cccn3)cc21.